The van der Waals surface area contributed by atoms with Gasteiger partial charge in [-0.25, -0.2) is 10.9 Å². The van der Waals surface area contributed by atoms with Crippen molar-refractivity contribution in [3.8, 4) is 5.75 Å². The van der Waals surface area contributed by atoms with E-state index in [1.807, 2.05) is 0 Å². The van der Waals surface area contributed by atoms with Gasteiger partial charge in [0.1, 0.15) is 5.75 Å². The smallest absolute Gasteiger partial charge is 0.280 e. The first-order valence-electron chi connectivity index (χ1n) is 4.50. The van der Waals surface area contributed by atoms with E-state index in [9.17, 15) is 9.90 Å². The van der Waals surface area contributed by atoms with E-state index in [1.54, 1.807) is 24.3 Å². The monoisotopic (exact) mass is 330 g/mol. The summed E-state index contributed by atoms with van der Waals surface area (Å²) in [5.74, 6) is 5.28. The third kappa shape index (κ3) is 2.52. The van der Waals surface area contributed by atoms with Crippen LogP contribution < -0.4 is 5.84 Å². The zero-order chi connectivity index (χ0) is 12.6. The average Bonchev–Trinajstić information content (AvgIpc) is 2.52. The van der Waals surface area contributed by atoms with E-state index in [0.29, 0.717) is 13.7 Å². The van der Waals surface area contributed by atoms with Crippen LogP contribution in [0.4, 0.5) is 0 Å². The Labute approximate surface area is 116 Å². The first kappa shape index (κ1) is 12.6. The van der Waals surface area contributed by atoms with Crippen LogP contribution in [0.15, 0.2) is 27.6 Å². The molecule has 0 bridgehead atoms. The van der Waals surface area contributed by atoms with Gasteiger partial charge in [0.2, 0.25) is 0 Å². The van der Waals surface area contributed by atoms with Gasteiger partial charge in [0.05, 0.1) is 9.38 Å². The number of amides is 1. The van der Waals surface area contributed by atoms with Crippen molar-refractivity contribution in [2.24, 2.45) is 5.84 Å². The Morgan fingerprint density at radius 3 is 2.76 bits per heavy atom. The van der Waals surface area contributed by atoms with Crippen LogP contribution >= 0.6 is 39.9 Å². The van der Waals surface area contributed by atoms with Crippen LogP contribution in [0, 0.1) is 0 Å². The van der Waals surface area contributed by atoms with E-state index in [2.05, 4.69) is 15.9 Å². The van der Waals surface area contributed by atoms with Crippen LogP contribution in [0.1, 0.15) is 5.56 Å². The van der Waals surface area contributed by atoms with Crippen LogP contribution in [0.25, 0.3) is 6.08 Å². The number of halogens is 1. The van der Waals surface area contributed by atoms with Crippen LogP contribution in [-0.4, -0.2) is 20.3 Å². The van der Waals surface area contributed by atoms with Gasteiger partial charge < -0.3 is 5.11 Å². The fourth-order valence-corrected chi connectivity index (χ4v) is 2.74. The minimum atomic E-state index is -0.316. The predicted octanol–water partition coefficient (Wildman–Crippen LogP) is 2.23. The number of nitrogens with two attached hydrogens (primary N) is 1. The summed E-state index contributed by atoms with van der Waals surface area (Å²) in [6, 6.07) is 4.95. The Hall–Kier alpha value is -0.890. The molecule has 0 spiro atoms. The third-order valence-corrected chi connectivity index (χ3v) is 4.06. The van der Waals surface area contributed by atoms with Crippen LogP contribution in [0.3, 0.4) is 0 Å². The summed E-state index contributed by atoms with van der Waals surface area (Å²) in [5, 5.41) is 10.3. The van der Waals surface area contributed by atoms with Crippen molar-refractivity contribution < 1.29 is 9.90 Å². The molecule has 7 heteroatoms. The van der Waals surface area contributed by atoms with Crippen molar-refractivity contribution >= 4 is 56.2 Å². The predicted molar refractivity (Wildman–Crippen MR) is 75.0 cm³/mol. The third-order valence-electron chi connectivity index (χ3n) is 2.09. The van der Waals surface area contributed by atoms with E-state index in [-0.39, 0.29) is 11.7 Å². The summed E-state index contributed by atoms with van der Waals surface area (Å²) in [6.07, 6.45) is 1.68. The number of hydrogen-bond donors (Lipinski definition) is 2. The molecule has 0 aliphatic carbocycles. The minimum absolute atomic E-state index is 0.147. The zero-order valence-corrected chi connectivity index (χ0v) is 11.6. The van der Waals surface area contributed by atoms with Crippen LogP contribution in [0.5, 0.6) is 5.75 Å². The summed E-state index contributed by atoms with van der Waals surface area (Å²) in [6.45, 7) is 0. The maximum atomic E-state index is 11.6. The number of thioether (sulfide) groups is 1. The quantitative estimate of drug-likeness (QED) is 0.358. The summed E-state index contributed by atoms with van der Waals surface area (Å²) >= 11 is 9.27. The van der Waals surface area contributed by atoms with Crippen molar-refractivity contribution in [2.45, 2.75) is 0 Å². The number of aromatic hydroxyl groups is 1. The maximum absolute atomic E-state index is 11.6. The SMILES string of the molecule is NN1C(=O)C(=Cc2ccc(O)c(Br)c2)SC1=S. The van der Waals surface area contributed by atoms with Gasteiger partial charge in [-0.05, 0) is 39.7 Å². The second-order valence-electron chi connectivity index (χ2n) is 3.26. The number of carbonyl (C=O) groups is 1. The summed E-state index contributed by atoms with van der Waals surface area (Å²) < 4.78 is 0.897. The van der Waals surface area contributed by atoms with Gasteiger partial charge in [0.15, 0.2) is 4.32 Å². The summed E-state index contributed by atoms with van der Waals surface area (Å²) in [4.78, 5) is 12.1. The number of carbonyl (C=O) groups excluding carboxylic acids is 1. The normalized spacial score (nSPS) is 18.2. The van der Waals surface area contributed by atoms with Gasteiger partial charge in [-0.15, -0.1) is 0 Å². The average molecular weight is 331 g/mol. The molecule has 1 fully saturated rings. The molecule has 2 rings (SSSR count). The van der Waals surface area contributed by atoms with Crippen molar-refractivity contribution in [3.05, 3.63) is 33.1 Å². The van der Waals surface area contributed by atoms with Gasteiger partial charge in [-0.1, -0.05) is 30.0 Å². The fourth-order valence-electron chi connectivity index (χ4n) is 1.24. The first-order chi connectivity index (χ1) is 7.99. The van der Waals surface area contributed by atoms with E-state index >= 15 is 0 Å². The molecule has 3 N–H and O–H groups in total. The number of nitrogens with zero attached hydrogens (tertiary/aromatic N) is 1. The number of benzene rings is 1. The number of rotatable bonds is 1. The van der Waals surface area contributed by atoms with Crippen LogP contribution in [-0.2, 0) is 4.79 Å². The molecule has 0 radical (unpaired) electrons. The highest BCUT2D eigenvalue weighted by molar-refractivity contribution is 9.10. The molecule has 4 nitrogen and oxygen atoms in total. The lowest BCUT2D eigenvalue weighted by atomic mass is 10.2. The standard InChI is InChI=1S/C10H7BrN2O2S2/c11-6-3-5(1-2-7(6)14)4-8-9(15)13(12)10(16)17-8/h1-4,14H,12H2. The summed E-state index contributed by atoms with van der Waals surface area (Å²) in [5.41, 5.74) is 0.781. The Bertz CT molecular complexity index is 545. The van der Waals surface area contributed by atoms with E-state index in [1.165, 1.54) is 0 Å². The van der Waals surface area contributed by atoms with E-state index in [4.69, 9.17) is 18.1 Å². The maximum Gasteiger partial charge on any atom is 0.280 e. The van der Waals surface area contributed by atoms with Gasteiger partial charge in [-0.2, -0.15) is 0 Å². The topological polar surface area (TPSA) is 66.6 Å². The second kappa shape index (κ2) is 4.77. The largest absolute Gasteiger partial charge is 0.507 e. The number of hydrazine groups is 1. The molecule has 1 aromatic carbocycles. The molecule has 1 saturated heterocycles. The minimum Gasteiger partial charge on any atom is -0.507 e. The van der Waals surface area contributed by atoms with Crippen molar-refractivity contribution in [1.82, 2.24) is 5.01 Å². The van der Waals surface area contributed by atoms with Gasteiger partial charge in [0, 0.05) is 0 Å². The number of phenolic OH excluding ortho intramolecular Hbond substituents is 1. The molecule has 1 heterocycles. The Morgan fingerprint density at radius 2 is 2.24 bits per heavy atom. The van der Waals surface area contributed by atoms with Gasteiger partial charge >= 0.3 is 0 Å². The first-order valence-corrected chi connectivity index (χ1v) is 6.52. The Kier molecular flexibility index (Phi) is 3.53. The van der Waals surface area contributed by atoms with Gasteiger partial charge in [0.25, 0.3) is 5.91 Å². The molecule has 1 aliphatic rings. The lowest BCUT2D eigenvalue weighted by Gasteiger charge is -2.03. The highest BCUT2D eigenvalue weighted by Gasteiger charge is 2.29. The molecule has 0 saturated carbocycles. The highest BCUT2D eigenvalue weighted by atomic mass is 79.9. The van der Waals surface area contributed by atoms with E-state index < -0.39 is 0 Å². The Balaban J connectivity index is 2.34. The fraction of sp³-hybridized carbons (Fsp3) is 0. The number of phenols is 1. The number of thiocarbonyl (C=S) groups is 1. The molecular weight excluding hydrogens is 324 g/mol. The molecule has 1 aliphatic heterocycles. The van der Waals surface area contributed by atoms with Crippen LogP contribution in [0.2, 0.25) is 0 Å². The molecule has 0 unspecified atom stereocenters. The molecular formula is C10H7BrN2O2S2. The molecule has 17 heavy (non-hydrogen) atoms. The van der Waals surface area contributed by atoms with E-state index in [0.717, 1.165) is 22.3 Å². The Morgan fingerprint density at radius 1 is 1.53 bits per heavy atom. The molecule has 88 valence electrons. The zero-order valence-electron chi connectivity index (χ0n) is 8.38. The van der Waals surface area contributed by atoms with Crippen molar-refractivity contribution in [3.63, 3.8) is 0 Å². The molecule has 0 atom stereocenters. The van der Waals surface area contributed by atoms with Crippen molar-refractivity contribution in [1.29, 1.82) is 0 Å². The highest BCUT2D eigenvalue weighted by Crippen LogP contribution is 2.32. The molecule has 1 amide bonds. The molecule has 0 aromatic heterocycles. The second-order valence-corrected chi connectivity index (χ2v) is 5.79. The van der Waals surface area contributed by atoms with Crippen molar-refractivity contribution in [2.75, 3.05) is 0 Å². The number of hydrogen-bond acceptors (Lipinski definition) is 5. The lowest BCUT2D eigenvalue weighted by molar-refractivity contribution is -0.122. The lowest BCUT2D eigenvalue weighted by Crippen LogP contribution is -2.34. The van der Waals surface area contributed by atoms with Gasteiger partial charge in [-0.3, -0.25) is 4.79 Å². The summed E-state index contributed by atoms with van der Waals surface area (Å²) in [7, 11) is 0. The molecule has 1 aromatic rings.